The van der Waals surface area contributed by atoms with Gasteiger partial charge in [0.15, 0.2) is 0 Å². The van der Waals surface area contributed by atoms with Crippen LogP contribution in [0.15, 0.2) is 27.0 Å². The first-order valence-corrected chi connectivity index (χ1v) is 8.82. The van der Waals surface area contributed by atoms with E-state index in [9.17, 15) is 8.42 Å². The molecule has 0 bridgehead atoms. The maximum atomic E-state index is 12.4. The van der Waals surface area contributed by atoms with Crippen LogP contribution in [0.2, 0.25) is 0 Å². The maximum absolute atomic E-state index is 12.4. The van der Waals surface area contributed by atoms with Crippen molar-refractivity contribution in [3.05, 3.63) is 33.2 Å². The van der Waals surface area contributed by atoms with Gasteiger partial charge >= 0.3 is 0 Å². The van der Waals surface area contributed by atoms with Crippen LogP contribution < -0.4 is 10.0 Å². The van der Waals surface area contributed by atoms with Crippen LogP contribution in [0.1, 0.15) is 11.1 Å². The zero-order valence-electron chi connectivity index (χ0n) is 10.8. The Kier molecular flexibility index (Phi) is 4.74. The molecule has 0 aliphatic carbocycles. The lowest BCUT2D eigenvalue weighted by Crippen LogP contribution is -2.15. The highest BCUT2D eigenvalue weighted by Gasteiger charge is 2.20. The molecule has 1 aromatic carbocycles. The molecule has 6 nitrogen and oxygen atoms in total. The molecule has 0 amide bonds. The number of hydrogen-bond donors (Lipinski definition) is 2. The van der Waals surface area contributed by atoms with Crippen LogP contribution in [0.4, 0.5) is 5.13 Å². The van der Waals surface area contributed by atoms with Gasteiger partial charge in [0, 0.05) is 11.0 Å². The minimum Gasteiger partial charge on any atom is -0.316 e. The van der Waals surface area contributed by atoms with Crippen molar-refractivity contribution in [2.24, 2.45) is 0 Å². The van der Waals surface area contributed by atoms with Crippen molar-refractivity contribution in [2.45, 2.75) is 18.4 Å². The van der Waals surface area contributed by atoms with Crippen LogP contribution >= 0.6 is 27.3 Å². The normalized spacial score (nSPS) is 11.6. The number of rotatable bonds is 5. The van der Waals surface area contributed by atoms with Crippen molar-refractivity contribution < 1.29 is 8.42 Å². The van der Waals surface area contributed by atoms with Crippen molar-refractivity contribution in [3.63, 3.8) is 0 Å². The van der Waals surface area contributed by atoms with E-state index in [1.807, 2.05) is 6.07 Å². The van der Waals surface area contributed by atoms with E-state index in [2.05, 4.69) is 36.2 Å². The predicted octanol–water partition coefficient (Wildman–Crippen LogP) is 2.13. The lowest BCUT2D eigenvalue weighted by molar-refractivity contribution is 0.600. The summed E-state index contributed by atoms with van der Waals surface area (Å²) in [6.45, 7) is 2.34. The fourth-order valence-corrected chi connectivity index (χ4v) is 4.33. The molecule has 0 aliphatic rings. The number of hydrogen-bond acceptors (Lipinski definition) is 6. The zero-order chi connectivity index (χ0) is 14.8. The fourth-order valence-electron chi connectivity index (χ4n) is 1.68. The molecule has 0 saturated heterocycles. The average molecular weight is 377 g/mol. The quantitative estimate of drug-likeness (QED) is 0.834. The van der Waals surface area contributed by atoms with Gasteiger partial charge in [0.05, 0.1) is 4.90 Å². The third-order valence-electron chi connectivity index (χ3n) is 2.61. The number of nitrogens with one attached hydrogen (secondary N) is 2. The van der Waals surface area contributed by atoms with E-state index in [1.54, 1.807) is 20.0 Å². The second-order valence-corrected chi connectivity index (χ2v) is 7.42. The first-order valence-electron chi connectivity index (χ1n) is 5.66. The van der Waals surface area contributed by atoms with Crippen molar-refractivity contribution in [1.29, 1.82) is 0 Å². The smallest absolute Gasteiger partial charge is 0.264 e. The minimum absolute atomic E-state index is 0.229. The van der Waals surface area contributed by atoms with Crippen LogP contribution in [0.3, 0.4) is 0 Å². The Bertz CT molecular complexity index is 701. The average Bonchev–Trinajstić information content (AvgIpc) is 2.85. The summed E-state index contributed by atoms with van der Waals surface area (Å²) in [5.41, 5.74) is 3.00. The lowest BCUT2D eigenvalue weighted by atomic mass is 10.1. The Morgan fingerprint density at radius 3 is 2.75 bits per heavy atom. The van der Waals surface area contributed by atoms with Crippen LogP contribution in [-0.4, -0.2) is 25.7 Å². The second-order valence-electron chi connectivity index (χ2n) is 4.08. The Balaban J connectivity index is 2.44. The van der Waals surface area contributed by atoms with Crippen molar-refractivity contribution in [2.75, 3.05) is 11.8 Å². The van der Waals surface area contributed by atoms with Gasteiger partial charge < -0.3 is 5.32 Å². The summed E-state index contributed by atoms with van der Waals surface area (Å²) >= 11 is 4.52. The Hall–Kier alpha value is -1.03. The van der Waals surface area contributed by atoms with Crippen LogP contribution in [-0.2, 0) is 16.6 Å². The number of aromatic nitrogens is 2. The molecule has 0 saturated carbocycles. The molecule has 20 heavy (non-hydrogen) atoms. The molecule has 0 aliphatic heterocycles. The van der Waals surface area contributed by atoms with Gasteiger partial charge in [-0.1, -0.05) is 27.3 Å². The van der Waals surface area contributed by atoms with Gasteiger partial charge in [0.1, 0.15) is 5.51 Å². The maximum Gasteiger partial charge on any atom is 0.264 e. The van der Waals surface area contributed by atoms with Crippen molar-refractivity contribution >= 4 is 42.4 Å². The summed E-state index contributed by atoms with van der Waals surface area (Å²) in [7, 11) is -1.87. The molecule has 0 atom stereocenters. The zero-order valence-corrected chi connectivity index (χ0v) is 14.1. The minimum atomic E-state index is -3.68. The first-order chi connectivity index (χ1) is 9.44. The number of sulfonamides is 1. The lowest BCUT2D eigenvalue weighted by Gasteiger charge is -2.12. The van der Waals surface area contributed by atoms with Gasteiger partial charge in [-0.05, 0) is 37.2 Å². The van der Waals surface area contributed by atoms with E-state index < -0.39 is 10.0 Å². The Morgan fingerprint density at radius 2 is 2.15 bits per heavy atom. The van der Waals surface area contributed by atoms with Gasteiger partial charge in [-0.15, -0.1) is 10.2 Å². The highest BCUT2D eigenvalue weighted by molar-refractivity contribution is 9.10. The predicted molar refractivity (Wildman–Crippen MR) is 82.4 cm³/mol. The third-order valence-corrected chi connectivity index (χ3v) is 5.63. The molecule has 0 spiro atoms. The molecule has 1 heterocycles. The SMILES string of the molecule is CNCc1cc(Br)c(C)c(S(=O)(=O)Nc2nncs2)c1. The third kappa shape index (κ3) is 3.35. The van der Waals surface area contributed by atoms with Gasteiger partial charge in [0.2, 0.25) is 5.13 Å². The molecule has 108 valence electrons. The standard InChI is InChI=1S/C11H13BrN4O2S2/c1-7-9(12)3-8(5-13-2)4-10(7)20(17,18)16-11-15-14-6-19-11/h3-4,6,13H,5H2,1-2H3,(H,15,16). The first kappa shape index (κ1) is 15.4. The van der Waals surface area contributed by atoms with Crippen LogP contribution in [0.25, 0.3) is 0 Å². The number of halogens is 1. The fraction of sp³-hybridized carbons (Fsp3) is 0.273. The highest BCUT2D eigenvalue weighted by atomic mass is 79.9. The molecule has 1 aromatic heterocycles. The summed E-state index contributed by atoms with van der Waals surface area (Å²) in [5, 5.41) is 10.5. The van der Waals surface area contributed by atoms with E-state index in [-0.39, 0.29) is 10.0 Å². The second kappa shape index (κ2) is 6.17. The van der Waals surface area contributed by atoms with Gasteiger partial charge in [-0.3, -0.25) is 4.72 Å². The van der Waals surface area contributed by atoms with Crippen LogP contribution in [0, 0.1) is 6.92 Å². The number of benzene rings is 1. The topological polar surface area (TPSA) is 84.0 Å². The van der Waals surface area contributed by atoms with Gasteiger partial charge in [-0.2, -0.15) is 0 Å². The summed E-state index contributed by atoms with van der Waals surface area (Å²) in [6.07, 6.45) is 0. The van der Waals surface area contributed by atoms with Crippen LogP contribution in [0.5, 0.6) is 0 Å². The molecule has 0 radical (unpaired) electrons. The number of anilines is 1. The molecule has 2 N–H and O–H groups in total. The van der Waals surface area contributed by atoms with E-state index in [0.717, 1.165) is 21.4 Å². The van der Waals surface area contributed by atoms with E-state index in [4.69, 9.17) is 0 Å². The Morgan fingerprint density at radius 1 is 1.40 bits per heavy atom. The summed E-state index contributed by atoms with van der Waals surface area (Å²) in [6, 6.07) is 3.55. The largest absolute Gasteiger partial charge is 0.316 e. The van der Waals surface area contributed by atoms with Gasteiger partial charge in [0.25, 0.3) is 10.0 Å². The molecule has 0 unspecified atom stereocenters. The molecule has 2 aromatic rings. The van der Waals surface area contributed by atoms with Crippen molar-refractivity contribution in [3.8, 4) is 0 Å². The number of nitrogens with zero attached hydrogens (tertiary/aromatic N) is 2. The van der Waals surface area contributed by atoms with Crippen molar-refractivity contribution in [1.82, 2.24) is 15.5 Å². The summed E-state index contributed by atoms with van der Waals surface area (Å²) < 4.78 is 28.0. The van der Waals surface area contributed by atoms with E-state index in [1.165, 1.54) is 5.51 Å². The Labute approximate surface area is 129 Å². The molecule has 0 fully saturated rings. The summed E-state index contributed by atoms with van der Waals surface area (Å²) in [4.78, 5) is 0.229. The molecular weight excluding hydrogens is 364 g/mol. The monoisotopic (exact) mass is 376 g/mol. The summed E-state index contributed by atoms with van der Waals surface area (Å²) in [5.74, 6) is 0. The molecular formula is C11H13BrN4O2S2. The van der Waals surface area contributed by atoms with Gasteiger partial charge in [-0.25, -0.2) is 8.42 Å². The highest BCUT2D eigenvalue weighted by Crippen LogP contribution is 2.27. The molecule has 9 heteroatoms. The molecule has 2 rings (SSSR count). The van der Waals surface area contributed by atoms with E-state index in [0.29, 0.717) is 12.1 Å². The van der Waals surface area contributed by atoms with E-state index >= 15 is 0 Å².